The maximum atomic E-state index is 10.5. The van der Waals surface area contributed by atoms with Crippen LogP contribution in [0.2, 0.25) is 0 Å². The summed E-state index contributed by atoms with van der Waals surface area (Å²) in [5.41, 5.74) is 0.741. The maximum Gasteiger partial charge on any atom is 0.0743 e. The average Bonchev–Trinajstić information content (AvgIpc) is 2.53. The van der Waals surface area contributed by atoms with Gasteiger partial charge in [0.15, 0.2) is 0 Å². The lowest BCUT2D eigenvalue weighted by atomic mass is 9.94. The van der Waals surface area contributed by atoms with E-state index in [9.17, 15) is 5.11 Å². The highest BCUT2D eigenvalue weighted by atomic mass is 16.3. The van der Waals surface area contributed by atoms with Gasteiger partial charge in [-0.15, -0.1) is 0 Å². The fraction of sp³-hybridized carbons (Fsp3) is 0.684. The summed E-state index contributed by atoms with van der Waals surface area (Å²) in [7, 11) is 0. The van der Waals surface area contributed by atoms with Crippen LogP contribution in [0.3, 0.4) is 0 Å². The van der Waals surface area contributed by atoms with Gasteiger partial charge in [-0.3, -0.25) is 0 Å². The summed E-state index contributed by atoms with van der Waals surface area (Å²) in [6.45, 7) is 9.27. The Labute approximate surface area is 135 Å². The summed E-state index contributed by atoms with van der Waals surface area (Å²) in [4.78, 5) is 2.45. The van der Waals surface area contributed by atoms with E-state index in [-0.39, 0.29) is 0 Å². The van der Waals surface area contributed by atoms with Gasteiger partial charge >= 0.3 is 0 Å². The van der Waals surface area contributed by atoms with Crippen LogP contribution < -0.4 is 10.2 Å². The monoisotopic (exact) mass is 304 g/mol. The average molecular weight is 304 g/mol. The van der Waals surface area contributed by atoms with Crippen LogP contribution in [0.5, 0.6) is 0 Å². The minimum Gasteiger partial charge on any atom is -0.389 e. The molecule has 0 aliphatic carbocycles. The third-order valence-electron chi connectivity index (χ3n) is 4.65. The van der Waals surface area contributed by atoms with Crippen LogP contribution in [0.1, 0.15) is 46.5 Å². The number of nitrogens with one attached hydrogen (secondary N) is 1. The van der Waals surface area contributed by atoms with Crippen LogP contribution in [0.4, 0.5) is 5.69 Å². The van der Waals surface area contributed by atoms with Crippen molar-refractivity contribution in [3.8, 4) is 0 Å². The van der Waals surface area contributed by atoms with E-state index in [2.05, 4.69) is 54.4 Å². The highest BCUT2D eigenvalue weighted by Gasteiger charge is 2.24. The summed E-state index contributed by atoms with van der Waals surface area (Å²) in [6, 6.07) is 11.2. The zero-order valence-corrected chi connectivity index (χ0v) is 14.4. The van der Waals surface area contributed by atoms with Gasteiger partial charge in [-0.1, -0.05) is 32.0 Å². The predicted molar refractivity (Wildman–Crippen MR) is 94.4 cm³/mol. The standard InChI is InChI=1S/C19H32N2O/c1-16(2)9-12-19(3,22)15-20-17-10-13-21(14-11-17)18-7-5-4-6-8-18/h4-8,16-17,20,22H,9-15H2,1-3H3. The number of hydrogen-bond donors (Lipinski definition) is 2. The molecule has 2 rings (SSSR count). The van der Waals surface area contributed by atoms with Crippen molar-refractivity contribution in [2.24, 2.45) is 5.92 Å². The second-order valence-corrected chi connectivity index (χ2v) is 7.41. The van der Waals surface area contributed by atoms with Gasteiger partial charge in [0.2, 0.25) is 0 Å². The Hall–Kier alpha value is -1.06. The number of hydrogen-bond acceptors (Lipinski definition) is 3. The molecule has 1 unspecified atom stereocenters. The van der Waals surface area contributed by atoms with Gasteiger partial charge < -0.3 is 15.3 Å². The third-order valence-corrected chi connectivity index (χ3v) is 4.65. The summed E-state index contributed by atoms with van der Waals surface area (Å²) in [5.74, 6) is 0.653. The van der Waals surface area contributed by atoms with Crippen molar-refractivity contribution in [3.05, 3.63) is 30.3 Å². The first-order chi connectivity index (χ1) is 10.5. The molecule has 0 amide bonds. The van der Waals surface area contributed by atoms with Crippen LogP contribution in [-0.2, 0) is 0 Å². The normalized spacial score (nSPS) is 19.4. The molecule has 1 aliphatic heterocycles. The van der Waals surface area contributed by atoms with E-state index >= 15 is 0 Å². The fourth-order valence-electron chi connectivity index (χ4n) is 3.03. The molecule has 0 saturated carbocycles. The number of piperidine rings is 1. The molecule has 3 heteroatoms. The van der Waals surface area contributed by atoms with Gasteiger partial charge in [0.05, 0.1) is 5.60 Å². The molecular weight excluding hydrogens is 272 g/mol. The Morgan fingerprint density at radius 2 is 1.86 bits per heavy atom. The van der Waals surface area contributed by atoms with E-state index < -0.39 is 5.60 Å². The highest BCUT2D eigenvalue weighted by molar-refractivity contribution is 5.46. The first kappa shape index (κ1) is 17.3. The van der Waals surface area contributed by atoms with Crippen molar-refractivity contribution in [2.45, 2.75) is 58.1 Å². The van der Waals surface area contributed by atoms with E-state index in [4.69, 9.17) is 0 Å². The third kappa shape index (κ3) is 5.62. The van der Waals surface area contributed by atoms with Crippen LogP contribution in [0.15, 0.2) is 30.3 Å². The van der Waals surface area contributed by atoms with Gasteiger partial charge in [0.1, 0.15) is 0 Å². The summed E-state index contributed by atoms with van der Waals surface area (Å²) < 4.78 is 0. The topological polar surface area (TPSA) is 35.5 Å². The number of rotatable bonds is 7. The second-order valence-electron chi connectivity index (χ2n) is 7.41. The van der Waals surface area contributed by atoms with Gasteiger partial charge in [-0.25, -0.2) is 0 Å². The van der Waals surface area contributed by atoms with Crippen molar-refractivity contribution in [1.82, 2.24) is 5.32 Å². The van der Waals surface area contributed by atoms with Crippen molar-refractivity contribution < 1.29 is 5.11 Å². The quantitative estimate of drug-likeness (QED) is 0.810. The molecule has 1 aromatic rings. The molecule has 1 saturated heterocycles. The number of aliphatic hydroxyl groups is 1. The molecule has 0 bridgehead atoms. The van der Waals surface area contributed by atoms with Crippen LogP contribution in [-0.4, -0.2) is 36.4 Å². The molecule has 1 heterocycles. The minimum absolute atomic E-state index is 0.533. The summed E-state index contributed by atoms with van der Waals surface area (Å²) in [6.07, 6.45) is 4.26. The zero-order valence-electron chi connectivity index (χ0n) is 14.4. The largest absolute Gasteiger partial charge is 0.389 e. The molecule has 124 valence electrons. The van der Waals surface area contributed by atoms with E-state index in [0.29, 0.717) is 18.5 Å². The number of benzene rings is 1. The smallest absolute Gasteiger partial charge is 0.0743 e. The molecule has 1 atom stereocenters. The Kier molecular flexibility index (Phi) is 6.27. The molecule has 1 aromatic carbocycles. The van der Waals surface area contributed by atoms with Gasteiger partial charge in [-0.05, 0) is 50.7 Å². The van der Waals surface area contributed by atoms with Gasteiger partial charge in [0.25, 0.3) is 0 Å². The zero-order chi connectivity index (χ0) is 16.0. The molecule has 0 aromatic heterocycles. The number of anilines is 1. The Morgan fingerprint density at radius 3 is 2.45 bits per heavy atom. The van der Waals surface area contributed by atoms with E-state index in [1.54, 1.807) is 0 Å². The molecular formula is C19H32N2O. The van der Waals surface area contributed by atoms with E-state index in [1.165, 1.54) is 5.69 Å². The van der Waals surface area contributed by atoms with E-state index in [1.807, 2.05) is 6.92 Å². The molecule has 1 fully saturated rings. The highest BCUT2D eigenvalue weighted by Crippen LogP contribution is 2.20. The number of para-hydroxylation sites is 1. The Bertz CT molecular complexity index is 422. The van der Waals surface area contributed by atoms with Crippen molar-refractivity contribution in [3.63, 3.8) is 0 Å². The fourth-order valence-corrected chi connectivity index (χ4v) is 3.03. The SMILES string of the molecule is CC(C)CCC(C)(O)CNC1CCN(c2ccccc2)CC1. The molecule has 22 heavy (non-hydrogen) atoms. The molecule has 1 aliphatic rings. The lowest BCUT2D eigenvalue weighted by molar-refractivity contribution is 0.0417. The summed E-state index contributed by atoms with van der Waals surface area (Å²) in [5, 5.41) is 14.0. The first-order valence-corrected chi connectivity index (χ1v) is 8.72. The molecule has 3 nitrogen and oxygen atoms in total. The van der Waals surface area contributed by atoms with Crippen LogP contribution in [0.25, 0.3) is 0 Å². The number of nitrogens with zero attached hydrogens (tertiary/aromatic N) is 1. The van der Waals surface area contributed by atoms with Crippen LogP contribution in [0, 0.1) is 5.92 Å². The van der Waals surface area contributed by atoms with E-state index in [0.717, 1.165) is 38.8 Å². The molecule has 2 N–H and O–H groups in total. The van der Waals surface area contributed by atoms with Gasteiger partial charge in [-0.2, -0.15) is 0 Å². The maximum absolute atomic E-state index is 10.5. The van der Waals surface area contributed by atoms with Gasteiger partial charge in [0, 0.05) is 31.4 Å². The second kappa shape index (κ2) is 7.98. The molecule has 0 spiro atoms. The Morgan fingerprint density at radius 1 is 1.23 bits per heavy atom. The van der Waals surface area contributed by atoms with Crippen molar-refractivity contribution in [2.75, 3.05) is 24.5 Å². The lowest BCUT2D eigenvalue weighted by Crippen LogP contribution is -2.47. The Balaban J connectivity index is 1.71. The van der Waals surface area contributed by atoms with Crippen LogP contribution >= 0.6 is 0 Å². The first-order valence-electron chi connectivity index (χ1n) is 8.72. The molecule has 0 radical (unpaired) electrons. The van der Waals surface area contributed by atoms with Crippen molar-refractivity contribution in [1.29, 1.82) is 0 Å². The predicted octanol–water partition coefficient (Wildman–Crippen LogP) is 3.43. The van der Waals surface area contributed by atoms with Crippen molar-refractivity contribution >= 4 is 5.69 Å². The lowest BCUT2D eigenvalue weighted by Gasteiger charge is -2.35. The minimum atomic E-state index is -0.583. The summed E-state index contributed by atoms with van der Waals surface area (Å²) >= 11 is 0.